The Morgan fingerprint density at radius 3 is 2.91 bits per heavy atom. The summed E-state index contributed by atoms with van der Waals surface area (Å²) in [4.78, 5) is 12.2. The first kappa shape index (κ1) is 14.9. The Morgan fingerprint density at radius 1 is 1.27 bits per heavy atom. The molecular weight excluding hydrogens is 298 g/mol. The molecule has 5 nitrogen and oxygen atoms in total. The Morgan fingerprint density at radius 2 is 2.18 bits per heavy atom. The van der Waals surface area contributed by atoms with E-state index < -0.39 is 0 Å². The van der Waals surface area contributed by atoms with E-state index >= 15 is 0 Å². The Hall–Kier alpha value is -2.05. The fourth-order valence-electron chi connectivity index (χ4n) is 2.12. The van der Waals surface area contributed by atoms with E-state index in [0.717, 1.165) is 38.9 Å². The number of hydrogen-bond acceptors (Lipinski definition) is 5. The molecule has 6 heteroatoms. The third-order valence-corrected chi connectivity index (χ3v) is 4.22. The van der Waals surface area contributed by atoms with Crippen molar-refractivity contribution in [1.82, 2.24) is 15.0 Å². The van der Waals surface area contributed by atoms with Crippen LogP contribution in [0.25, 0.3) is 11.0 Å². The Bertz CT molecular complexity index is 756. The molecule has 0 saturated carbocycles. The monoisotopic (exact) mass is 315 g/mol. The molecule has 2 heterocycles. The molecule has 2 N–H and O–H groups in total. The van der Waals surface area contributed by atoms with Crippen LogP contribution >= 0.6 is 11.8 Å². The van der Waals surface area contributed by atoms with Crippen LogP contribution in [-0.4, -0.2) is 33.8 Å². The second-order valence-corrected chi connectivity index (χ2v) is 5.81. The van der Waals surface area contributed by atoms with E-state index in [1.54, 1.807) is 18.9 Å². The number of methoxy groups -OCH3 is 1. The highest BCUT2D eigenvalue weighted by Gasteiger charge is 2.05. The molecule has 0 radical (unpaired) electrons. The molecule has 2 aromatic heterocycles. The number of aromatic nitrogens is 3. The van der Waals surface area contributed by atoms with Gasteiger partial charge in [-0.3, -0.25) is 4.98 Å². The van der Waals surface area contributed by atoms with E-state index in [4.69, 9.17) is 9.84 Å². The Kier molecular flexibility index (Phi) is 4.60. The summed E-state index contributed by atoms with van der Waals surface area (Å²) < 4.78 is 5.21. The Labute approximate surface area is 132 Å². The van der Waals surface area contributed by atoms with Crippen LogP contribution in [0, 0.1) is 0 Å². The lowest BCUT2D eigenvalue weighted by Crippen LogP contribution is -1.93. The van der Waals surface area contributed by atoms with Gasteiger partial charge in [-0.05, 0) is 30.2 Å². The van der Waals surface area contributed by atoms with Crippen molar-refractivity contribution in [1.29, 1.82) is 0 Å². The quantitative estimate of drug-likeness (QED) is 0.684. The maximum atomic E-state index is 8.89. The number of H-pyrrole nitrogens is 1. The predicted octanol–water partition coefficient (Wildman–Crippen LogP) is 2.79. The van der Waals surface area contributed by atoms with E-state index in [9.17, 15) is 0 Å². The molecule has 0 aliphatic carbocycles. The summed E-state index contributed by atoms with van der Waals surface area (Å²) in [7, 11) is 1.65. The van der Waals surface area contributed by atoms with E-state index in [1.165, 1.54) is 0 Å². The van der Waals surface area contributed by atoms with E-state index in [-0.39, 0.29) is 6.61 Å². The van der Waals surface area contributed by atoms with E-state index in [1.807, 2.05) is 36.5 Å². The van der Waals surface area contributed by atoms with Gasteiger partial charge in [-0.1, -0.05) is 17.8 Å². The molecule has 0 fully saturated rings. The minimum Gasteiger partial charge on any atom is -0.497 e. The van der Waals surface area contributed by atoms with Crippen LogP contribution in [0.1, 0.15) is 11.3 Å². The molecule has 3 rings (SSSR count). The molecule has 0 bridgehead atoms. The van der Waals surface area contributed by atoms with Crippen LogP contribution in [0.4, 0.5) is 0 Å². The van der Waals surface area contributed by atoms with Crippen LogP contribution in [0.3, 0.4) is 0 Å². The lowest BCUT2D eigenvalue weighted by atomic mass is 10.2. The molecule has 0 unspecified atom stereocenters. The molecule has 0 aliphatic rings. The smallest absolute Gasteiger partial charge is 0.166 e. The number of aliphatic hydroxyl groups excluding tert-OH is 1. The minimum atomic E-state index is 0.151. The number of thioether (sulfide) groups is 1. The highest BCUT2D eigenvalue weighted by atomic mass is 32.2. The van der Waals surface area contributed by atoms with Crippen LogP contribution < -0.4 is 4.74 Å². The lowest BCUT2D eigenvalue weighted by molar-refractivity contribution is 0.299. The van der Waals surface area contributed by atoms with E-state index in [0.29, 0.717) is 6.42 Å². The van der Waals surface area contributed by atoms with Crippen molar-refractivity contribution >= 4 is 22.8 Å². The average Bonchev–Trinajstić information content (AvgIpc) is 2.96. The van der Waals surface area contributed by atoms with Crippen LogP contribution in [0.2, 0.25) is 0 Å². The largest absolute Gasteiger partial charge is 0.497 e. The topological polar surface area (TPSA) is 71.0 Å². The van der Waals surface area contributed by atoms with Gasteiger partial charge < -0.3 is 14.8 Å². The third kappa shape index (κ3) is 3.40. The molecule has 3 aromatic rings. The number of fused-ring (bicyclic) bond motifs is 1. The fraction of sp³-hybridized carbons (Fsp3) is 0.250. The van der Waals surface area contributed by atoms with Crippen molar-refractivity contribution in [2.45, 2.75) is 17.3 Å². The lowest BCUT2D eigenvalue weighted by Gasteiger charge is -2.01. The number of imidazole rings is 1. The summed E-state index contributed by atoms with van der Waals surface area (Å²) in [6.07, 6.45) is 2.46. The summed E-state index contributed by atoms with van der Waals surface area (Å²) >= 11 is 1.61. The number of benzene rings is 1. The molecule has 22 heavy (non-hydrogen) atoms. The summed E-state index contributed by atoms with van der Waals surface area (Å²) in [6, 6.07) is 9.77. The average molecular weight is 315 g/mol. The molecule has 1 aromatic carbocycles. The molecule has 0 saturated heterocycles. The predicted molar refractivity (Wildman–Crippen MR) is 87.2 cm³/mol. The molecule has 0 atom stereocenters. The van der Waals surface area contributed by atoms with Crippen molar-refractivity contribution in [3.05, 3.63) is 47.8 Å². The van der Waals surface area contributed by atoms with Gasteiger partial charge in [-0.15, -0.1) is 0 Å². The zero-order chi connectivity index (χ0) is 15.4. The first-order valence-electron chi connectivity index (χ1n) is 6.99. The third-order valence-electron chi connectivity index (χ3n) is 3.31. The highest BCUT2D eigenvalue weighted by molar-refractivity contribution is 7.98. The number of pyridine rings is 1. The number of rotatable bonds is 6. The van der Waals surface area contributed by atoms with Gasteiger partial charge in [0.25, 0.3) is 0 Å². The molecule has 114 valence electrons. The van der Waals surface area contributed by atoms with Crippen molar-refractivity contribution in [3.63, 3.8) is 0 Å². The number of nitrogens with one attached hydrogen (secondary N) is 1. The van der Waals surface area contributed by atoms with Gasteiger partial charge in [-0.25, -0.2) is 4.98 Å². The van der Waals surface area contributed by atoms with Crippen molar-refractivity contribution in [3.8, 4) is 5.75 Å². The van der Waals surface area contributed by atoms with Gasteiger partial charge in [0.05, 0.1) is 23.8 Å². The van der Waals surface area contributed by atoms with Crippen molar-refractivity contribution < 1.29 is 9.84 Å². The standard InChI is InChI=1S/C16H17N3O2S/c1-21-13-4-5-14-15(8-13)19-16(18-14)22-10-12-3-2-11(6-7-20)9-17-12/h2-5,8-9,20H,6-7,10H2,1H3,(H,18,19). The van der Waals surface area contributed by atoms with Gasteiger partial charge >= 0.3 is 0 Å². The van der Waals surface area contributed by atoms with Crippen LogP contribution in [0.5, 0.6) is 5.75 Å². The number of aromatic amines is 1. The maximum Gasteiger partial charge on any atom is 0.166 e. The summed E-state index contributed by atoms with van der Waals surface area (Å²) in [6.45, 7) is 0.151. The second-order valence-electron chi connectivity index (χ2n) is 4.85. The van der Waals surface area contributed by atoms with Gasteiger partial charge in [0.1, 0.15) is 5.75 Å². The Balaban J connectivity index is 1.68. The molecular formula is C16H17N3O2S. The fourth-order valence-corrected chi connectivity index (χ4v) is 2.92. The second kappa shape index (κ2) is 6.81. The zero-order valence-electron chi connectivity index (χ0n) is 12.2. The molecule has 0 aliphatic heterocycles. The van der Waals surface area contributed by atoms with Crippen LogP contribution in [-0.2, 0) is 12.2 Å². The van der Waals surface area contributed by atoms with Crippen molar-refractivity contribution in [2.24, 2.45) is 0 Å². The first-order valence-corrected chi connectivity index (χ1v) is 7.98. The minimum absolute atomic E-state index is 0.151. The zero-order valence-corrected chi connectivity index (χ0v) is 13.1. The maximum absolute atomic E-state index is 8.89. The summed E-state index contributed by atoms with van der Waals surface area (Å²) in [5.74, 6) is 1.56. The summed E-state index contributed by atoms with van der Waals surface area (Å²) in [5, 5.41) is 9.76. The number of ether oxygens (including phenoxy) is 1. The number of aliphatic hydroxyl groups is 1. The van der Waals surface area contributed by atoms with Gasteiger partial charge in [-0.2, -0.15) is 0 Å². The van der Waals surface area contributed by atoms with Crippen LogP contribution in [0.15, 0.2) is 41.7 Å². The first-order chi connectivity index (χ1) is 10.8. The highest BCUT2D eigenvalue weighted by Crippen LogP contribution is 2.24. The molecule has 0 amide bonds. The molecule has 0 spiro atoms. The van der Waals surface area contributed by atoms with Crippen molar-refractivity contribution in [2.75, 3.05) is 13.7 Å². The normalized spacial score (nSPS) is 11.0. The summed E-state index contributed by atoms with van der Waals surface area (Å²) in [5.41, 5.74) is 3.93. The van der Waals surface area contributed by atoms with Gasteiger partial charge in [0.2, 0.25) is 0 Å². The van der Waals surface area contributed by atoms with Gasteiger partial charge in [0.15, 0.2) is 5.16 Å². The number of nitrogens with zero attached hydrogens (tertiary/aromatic N) is 2. The SMILES string of the molecule is COc1ccc2nc(SCc3ccc(CCO)cn3)[nH]c2c1. The van der Waals surface area contributed by atoms with Gasteiger partial charge in [0, 0.05) is 24.6 Å². The van der Waals surface area contributed by atoms with E-state index in [2.05, 4.69) is 15.0 Å². The number of hydrogen-bond donors (Lipinski definition) is 2.